The summed E-state index contributed by atoms with van der Waals surface area (Å²) in [6.45, 7) is 22.2. The van der Waals surface area contributed by atoms with Crippen molar-refractivity contribution in [1.29, 1.82) is 0 Å². The predicted molar refractivity (Wildman–Crippen MR) is 499 cm³/mol. The molecular weight excluding hydrogens is 1710 g/mol. The third kappa shape index (κ3) is 17.3. The summed E-state index contributed by atoms with van der Waals surface area (Å²) in [5.41, 5.74) is 7.70. The summed E-state index contributed by atoms with van der Waals surface area (Å²) < 4.78 is 43.1. The van der Waals surface area contributed by atoms with Gasteiger partial charge in [0.25, 0.3) is 0 Å². The number of aromatic hydroxyl groups is 1. The van der Waals surface area contributed by atoms with Gasteiger partial charge in [-0.3, -0.25) is 33.6 Å². The SMILES string of the molecule is CC(=O)N1CCN(c2ccc(OC[C@H]3CO[C@](Cn4ccnc4)(c4ccc(Cl)cc4Cl)O3)cc2)CC1.CC(=O)S[C@@H]1CC2=CC(=O)CC[C@]2(C)[C@H]2CC[C@@]3(C)[C@@H](CC[C@@]34CCC(=O)O4)[C@H]12.C[C@]12CC[C@@H]3c4ccc(O)cc4CC[C@H]3[C@@H]1CCC2=O.C[C@]12CC[C@H]3[C@@H](CCC4=CC(=O)CC[C@@]43C)[C@@H]1CC[C@H]2O.O=C(O)c1cn(C2CC2)c2cc(N3CCNCC3)c(F)cc2c1=O. The fraction of sp³-hybridized carbons (Fsp3) is 0.606. The summed E-state index contributed by atoms with van der Waals surface area (Å²) in [7, 11) is 0. The zero-order valence-corrected chi connectivity index (χ0v) is 78.6. The van der Waals surface area contributed by atoms with E-state index in [4.69, 9.17) is 42.1 Å². The fourth-order valence-electron chi connectivity index (χ4n) is 27.9. The van der Waals surface area contributed by atoms with Crippen molar-refractivity contribution in [2.75, 3.05) is 75.4 Å². The Bertz CT molecular complexity index is 5500. The number of halogens is 3. The largest absolute Gasteiger partial charge is 0.508 e. The molecule has 4 aromatic carbocycles. The minimum Gasteiger partial charge on any atom is -0.508 e. The van der Waals surface area contributed by atoms with Crippen LogP contribution in [0.25, 0.3) is 10.9 Å². The van der Waals surface area contributed by atoms with E-state index in [2.05, 4.69) is 55.9 Å². The molecule has 12 aliphatic carbocycles. The Morgan fingerprint density at radius 3 is 2.08 bits per heavy atom. The van der Waals surface area contributed by atoms with Crippen molar-refractivity contribution in [2.24, 2.45) is 74.4 Å². The van der Waals surface area contributed by atoms with Gasteiger partial charge in [-0.2, -0.15) is 0 Å². The van der Waals surface area contributed by atoms with Crippen LogP contribution in [0.4, 0.5) is 15.8 Å². The van der Waals surface area contributed by atoms with Crippen LogP contribution < -0.4 is 25.3 Å². The number of anilines is 2. The first-order valence-corrected chi connectivity index (χ1v) is 49.8. The van der Waals surface area contributed by atoms with E-state index in [-0.39, 0.29) is 89.9 Å². The number of pyridine rings is 1. The molecule has 26 heteroatoms. The smallest absolute Gasteiger partial charge is 0.341 e. The first-order chi connectivity index (χ1) is 62.2. The van der Waals surface area contributed by atoms with Crippen molar-refractivity contribution in [3.63, 3.8) is 0 Å². The van der Waals surface area contributed by atoms with E-state index in [1.807, 2.05) is 79.7 Å². The molecular formula is C104H128Cl2FN7O15S. The number of rotatable bonds is 11. The minimum atomic E-state index is -1.28. The average Bonchev–Trinajstić information content (AvgIpc) is 1.51. The van der Waals surface area contributed by atoms with E-state index >= 15 is 0 Å². The predicted octanol–water partition coefficient (Wildman–Crippen LogP) is 18.3. The number of amides is 1. The Hall–Kier alpha value is -8.23. The minimum absolute atomic E-state index is 0.0119. The van der Waals surface area contributed by atoms with Gasteiger partial charge >= 0.3 is 11.9 Å². The number of carboxylic acids is 1. The molecule has 696 valence electrons. The number of aryl methyl sites for hydroxylation is 1. The highest BCUT2D eigenvalue weighted by Gasteiger charge is 2.69. The van der Waals surface area contributed by atoms with Crippen LogP contribution in [0, 0.1) is 80.2 Å². The number of nitrogens with zero attached hydrogens (tertiary/aromatic N) is 6. The number of hydrogen-bond donors (Lipinski definition) is 4. The third-order valence-electron chi connectivity index (χ3n) is 35.2. The van der Waals surface area contributed by atoms with E-state index in [9.17, 15) is 58.1 Å². The lowest BCUT2D eigenvalue weighted by atomic mass is 9.46. The molecule has 4 N–H and O–H groups in total. The van der Waals surface area contributed by atoms with Gasteiger partial charge in [0.05, 0.1) is 41.8 Å². The number of carbonyl (C=O) groups excluding carboxylic acids is 6. The summed E-state index contributed by atoms with van der Waals surface area (Å²) in [5.74, 6) is 5.07. The molecule has 0 unspecified atom stereocenters. The van der Waals surface area contributed by atoms with Crippen molar-refractivity contribution in [3.8, 4) is 11.5 Å². The number of aromatic nitrogens is 3. The van der Waals surface area contributed by atoms with Crippen LogP contribution in [0.2, 0.25) is 10.0 Å². The van der Waals surface area contributed by atoms with Gasteiger partial charge in [-0.25, -0.2) is 14.2 Å². The second-order valence-corrected chi connectivity index (χ2v) is 44.1. The van der Waals surface area contributed by atoms with Crippen LogP contribution in [-0.2, 0) is 61.7 Å². The molecule has 1 amide bonds. The lowest BCUT2D eigenvalue weighted by Gasteiger charge is -2.61. The number of carbonyl (C=O) groups is 7. The number of phenols is 1. The summed E-state index contributed by atoms with van der Waals surface area (Å²) in [6, 6.07) is 22.3. The van der Waals surface area contributed by atoms with Gasteiger partial charge in [0.1, 0.15) is 47.0 Å². The molecule has 6 aromatic rings. The second-order valence-electron chi connectivity index (χ2n) is 41.8. The molecule has 6 heterocycles. The van der Waals surface area contributed by atoms with Crippen LogP contribution >= 0.6 is 35.0 Å². The molecule has 1 spiro atoms. The monoisotopic (exact) mass is 1840 g/mol. The number of ether oxygens (including phenoxy) is 4. The highest BCUT2D eigenvalue weighted by atomic mass is 35.5. The van der Waals surface area contributed by atoms with E-state index < -0.39 is 23.0 Å². The zero-order valence-electron chi connectivity index (χ0n) is 76.3. The van der Waals surface area contributed by atoms with Crippen molar-refractivity contribution >= 4 is 97.6 Å². The van der Waals surface area contributed by atoms with Crippen molar-refractivity contribution < 1.29 is 72.2 Å². The standard InChI is InChI=1S/C26H28Cl2N4O4.C24H32O4S.C19H28O2.C18H22O2.C17H18FN3O3/c1-19(33)31-10-12-32(13-11-31)21-3-5-22(6-4-21)34-15-23-16-35-26(36-23,17-30-9-8-29-18-30)24-7-2-20(27)14-25(24)28;1-14(25)29-19-13-15-12-16(26)4-8-22(15,2)17-5-9-23(3)18(21(17)19)6-10-24(23)11-7-20(27)28-24;1-18-9-7-13(20)11-12(18)3-4-14-15-5-6-17(21)19(15,2)10-8-16(14)18;1-18-9-8-14-13-5-3-12(19)10-11(13)2-4-15(14)16(18)6-7-17(18)20;18-13-7-11-14(8-15(13)20-5-3-19-4-6-20)21(10-1-2-10)9-12(16(11)22)17(23)24/h2-9,14,18,23H,10-13,15-17H2,1H3;12,17-19,21H,4-11,13H2,1-3H3;11,14-17,21H,3-10H2,1-2H3;3,5,10,14-16,19H,2,4,6-9H2,1H3;7-10,19H,1-6H2,(H,23,24)/t23-,26-;17-,18-,19+,21+,22-,23-,24+;14-,15-,16-,17+,18-,19-;14-,15-,16+,18+;/m0001./s1. The van der Waals surface area contributed by atoms with Crippen molar-refractivity contribution in [1.82, 2.24) is 24.3 Å². The molecule has 19 atom stereocenters. The van der Waals surface area contributed by atoms with Crippen LogP contribution in [0.1, 0.15) is 242 Å². The van der Waals surface area contributed by atoms with Crippen LogP contribution in [-0.4, -0.2) is 163 Å². The van der Waals surface area contributed by atoms with Crippen molar-refractivity contribution in [3.05, 3.63) is 169 Å². The molecule has 22 nitrogen and oxygen atoms in total. The second kappa shape index (κ2) is 36.5. The Kier molecular flexibility index (Phi) is 25.9. The molecule has 22 rings (SSSR count). The number of imidazole rings is 1. The highest BCUT2D eigenvalue weighted by molar-refractivity contribution is 8.14. The van der Waals surface area contributed by atoms with E-state index in [0.717, 1.165) is 178 Å². The Labute approximate surface area is 776 Å². The van der Waals surface area contributed by atoms with Gasteiger partial charge in [0.15, 0.2) is 16.7 Å². The molecule has 4 saturated heterocycles. The van der Waals surface area contributed by atoms with Gasteiger partial charge in [0.2, 0.25) is 17.1 Å². The van der Waals surface area contributed by atoms with Gasteiger partial charge in [-0.1, -0.05) is 92.9 Å². The van der Waals surface area contributed by atoms with Crippen LogP contribution in [0.3, 0.4) is 0 Å². The highest BCUT2D eigenvalue weighted by Crippen LogP contribution is 2.72. The quantitative estimate of drug-likeness (QED) is 0.0877. The number of aliphatic hydroxyl groups excluding tert-OH is 1. The summed E-state index contributed by atoms with van der Waals surface area (Å²) >= 11 is 14.2. The number of hydrogen-bond acceptors (Lipinski definition) is 19. The number of allylic oxidation sites excluding steroid dienone is 2. The van der Waals surface area contributed by atoms with Gasteiger partial charge in [-0.05, 0) is 288 Å². The number of piperazine rings is 2. The number of ketones is 3. The molecule has 9 saturated carbocycles. The first kappa shape index (κ1) is 92.2. The van der Waals surface area contributed by atoms with Crippen molar-refractivity contribution in [2.45, 2.75) is 256 Å². The number of thioether (sulfide) groups is 1. The molecule has 16 aliphatic rings. The summed E-state index contributed by atoms with van der Waals surface area (Å²) in [5, 5.41) is 34.2. The van der Waals surface area contributed by atoms with Crippen LogP contribution in [0.5, 0.6) is 11.5 Å². The number of aliphatic hydroxyl groups is 1. The number of fused-ring (bicyclic) bond motifs is 17. The number of nitrogens with one attached hydrogen (secondary N) is 1. The number of phenolic OH excluding ortho intramolecular Hbond substituents is 1. The number of carboxylic acid groups (broad SMARTS) is 1. The summed E-state index contributed by atoms with van der Waals surface area (Å²) in [6.07, 6.45) is 35.3. The van der Waals surface area contributed by atoms with Gasteiger partial charge in [0, 0.05) is 154 Å². The molecule has 0 radical (unpaired) electrons. The average molecular weight is 1840 g/mol. The maximum Gasteiger partial charge on any atom is 0.341 e. The Balaban J connectivity index is 0.000000111. The third-order valence-corrected chi connectivity index (χ3v) is 36.8. The Morgan fingerprint density at radius 2 is 1.39 bits per heavy atom. The number of Topliss-reactive ketones (excluding diaryl/α,β-unsaturated/α-hetero) is 1. The zero-order chi connectivity index (χ0) is 91.3. The Morgan fingerprint density at radius 1 is 0.677 bits per heavy atom. The molecule has 2 aromatic heterocycles. The number of benzene rings is 4. The van der Waals surface area contributed by atoms with Crippen LogP contribution in [0.15, 0.2) is 126 Å². The molecule has 4 aliphatic heterocycles. The maximum absolute atomic E-state index is 14.6. The van der Waals surface area contributed by atoms with Gasteiger partial charge in [-0.15, -0.1) is 0 Å². The normalized spacial score (nSPS) is 34.8. The van der Waals surface area contributed by atoms with Gasteiger partial charge < -0.3 is 63.4 Å². The van der Waals surface area contributed by atoms with E-state index in [1.54, 1.807) is 44.6 Å². The first-order valence-electron chi connectivity index (χ1n) is 48.1. The maximum atomic E-state index is 14.6. The fourth-order valence-corrected chi connectivity index (χ4v) is 29.7. The van der Waals surface area contributed by atoms with E-state index in [1.165, 1.54) is 78.4 Å². The number of esters is 1. The summed E-state index contributed by atoms with van der Waals surface area (Å²) in [4.78, 5) is 106. The lowest BCUT2D eigenvalue weighted by Crippen LogP contribution is -2.57. The lowest BCUT2D eigenvalue weighted by molar-refractivity contribution is -0.189. The number of aromatic carboxylic acids is 1. The molecule has 130 heavy (non-hydrogen) atoms. The molecule has 13 fully saturated rings. The molecule has 0 bridgehead atoms. The van der Waals surface area contributed by atoms with E-state index in [0.29, 0.717) is 131 Å². The topological polar surface area (TPSA) is 279 Å².